The van der Waals surface area contributed by atoms with Crippen molar-refractivity contribution in [3.05, 3.63) is 17.7 Å². The van der Waals surface area contributed by atoms with Crippen molar-refractivity contribution in [2.45, 2.75) is 6.42 Å². The highest BCUT2D eigenvalue weighted by Crippen LogP contribution is 2.31. The monoisotopic (exact) mass is 224 g/mol. The maximum atomic E-state index is 11.2. The molecule has 0 aliphatic rings. The van der Waals surface area contributed by atoms with Crippen molar-refractivity contribution in [3.8, 4) is 11.5 Å². The average molecular weight is 224 g/mol. The van der Waals surface area contributed by atoms with Gasteiger partial charge in [-0.15, -0.1) is 0 Å². The summed E-state index contributed by atoms with van der Waals surface area (Å²) in [5.74, 6) is 1.02. The summed E-state index contributed by atoms with van der Waals surface area (Å²) in [6.45, 7) is 0. The van der Waals surface area contributed by atoms with Gasteiger partial charge in [0.25, 0.3) is 0 Å². The van der Waals surface area contributed by atoms with Gasteiger partial charge in [0.05, 0.1) is 20.6 Å². The Morgan fingerprint density at radius 3 is 2.38 bits per heavy atom. The molecular weight excluding hydrogens is 208 g/mol. The molecule has 0 unspecified atom stereocenters. The molecule has 1 amide bonds. The van der Waals surface area contributed by atoms with Crippen LogP contribution in [0, 0.1) is 0 Å². The maximum absolute atomic E-state index is 11.2. The molecule has 0 saturated heterocycles. The van der Waals surface area contributed by atoms with E-state index in [4.69, 9.17) is 15.2 Å². The molecule has 1 aromatic rings. The van der Waals surface area contributed by atoms with Crippen LogP contribution in [0.3, 0.4) is 0 Å². The van der Waals surface area contributed by atoms with Crippen LogP contribution >= 0.6 is 0 Å². The highest BCUT2D eigenvalue weighted by molar-refractivity contribution is 5.80. The van der Waals surface area contributed by atoms with E-state index in [1.54, 1.807) is 19.2 Å². The smallest absolute Gasteiger partial charge is 0.224 e. The fraction of sp³-hybridized carbons (Fsp3) is 0.364. The van der Waals surface area contributed by atoms with Gasteiger partial charge in [-0.1, -0.05) is 0 Å². The number of nitrogens with two attached hydrogens (primary N) is 1. The van der Waals surface area contributed by atoms with Crippen molar-refractivity contribution in [3.63, 3.8) is 0 Å². The van der Waals surface area contributed by atoms with E-state index in [2.05, 4.69) is 5.32 Å². The lowest BCUT2D eigenvalue weighted by molar-refractivity contribution is -0.119. The fourth-order valence-corrected chi connectivity index (χ4v) is 1.35. The molecule has 0 spiro atoms. The predicted octanol–water partition coefficient (Wildman–Crippen LogP) is 0.574. The Bertz CT molecular complexity index is 391. The first-order valence-electron chi connectivity index (χ1n) is 4.83. The first-order valence-corrected chi connectivity index (χ1v) is 4.83. The summed E-state index contributed by atoms with van der Waals surface area (Å²) in [6, 6.07) is 3.36. The number of likely N-dealkylation sites (N-methyl/N-ethyl adjacent to an activating group) is 1. The van der Waals surface area contributed by atoms with E-state index in [9.17, 15) is 4.79 Å². The molecular formula is C11H16N2O3. The summed E-state index contributed by atoms with van der Waals surface area (Å²) in [6.07, 6.45) is 0.225. The Hall–Kier alpha value is -1.91. The Morgan fingerprint density at radius 1 is 1.31 bits per heavy atom. The summed E-state index contributed by atoms with van der Waals surface area (Å²) in [5, 5.41) is 2.54. The topological polar surface area (TPSA) is 73.6 Å². The Labute approximate surface area is 94.5 Å². The van der Waals surface area contributed by atoms with Gasteiger partial charge >= 0.3 is 0 Å². The van der Waals surface area contributed by atoms with Crippen LogP contribution in [0.5, 0.6) is 11.5 Å². The quantitative estimate of drug-likeness (QED) is 0.733. The van der Waals surface area contributed by atoms with Crippen molar-refractivity contribution < 1.29 is 14.3 Å². The molecule has 88 valence electrons. The summed E-state index contributed by atoms with van der Waals surface area (Å²) >= 11 is 0. The summed E-state index contributed by atoms with van der Waals surface area (Å²) < 4.78 is 10.2. The molecule has 0 aliphatic carbocycles. The molecule has 1 aromatic carbocycles. The van der Waals surface area contributed by atoms with Gasteiger partial charge in [0.2, 0.25) is 5.91 Å². The molecule has 0 aromatic heterocycles. The van der Waals surface area contributed by atoms with E-state index in [1.165, 1.54) is 14.2 Å². The van der Waals surface area contributed by atoms with Crippen molar-refractivity contribution in [1.82, 2.24) is 5.32 Å². The third kappa shape index (κ3) is 2.56. The van der Waals surface area contributed by atoms with Crippen molar-refractivity contribution >= 4 is 11.6 Å². The maximum Gasteiger partial charge on any atom is 0.224 e. The van der Waals surface area contributed by atoms with Crippen LogP contribution in [-0.2, 0) is 11.2 Å². The lowest BCUT2D eigenvalue weighted by Crippen LogP contribution is -2.20. The molecule has 1 rings (SSSR count). The highest BCUT2D eigenvalue weighted by Gasteiger charge is 2.11. The van der Waals surface area contributed by atoms with Crippen LogP contribution in [0.15, 0.2) is 12.1 Å². The third-order valence-electron chi connectivity index (χ3n) is 2.28. The molecule has 0 bridgehead atoms. The first kappa shape index (κ1) is 12.2. The fourth-order valence-electron chi connectivity index (χ4n) is 1.35. The van der Waals surface area contributed by atoms with Gasteiger partial charge < -0.3 is 20.5 Å². The minimum atomic E-state index is -0.0982. The van der Waals surface area contributed by atoms with Gasteiger partial charge in [0.1, 0.15) is 0 Å². The van der Waals surface area contributed by atoms with Crippen LogP contribution < -0.4 is 20.5 Å². The number of amides is 1. The number of hydrogen-bond donors (Lipinski definition) is 2. The molecule has 0 heterocycles. The molecule has 0 fully saturated rings. The molecule has 5 nitrogen and oxygen atoms in total. The second-order valence-electron chi connectivity index (χ2n) is 3.26. The van der Waals surface area contributed by atoms with Gasteiger partial charge in [-0.3, -0.25) is 4.79 Å². The number of ether oxygens (including phenoxy) is 2. The number of benzene rings is 1. The Morgan fingerprint density at radius 2 is 1.88 bits per heavy atom. The Kier molecular flexibility index (Phi) is 3.99. The average Bonchev–Trinajstić information content (AvgIpc) is 2.30. The normalized spacial score (nSPS) is 9.69. The van der Waals surface area contributed by atoms with Gasteiger partial charge in [0, 0.05) is 18.8 Å². The molecule has 0 aliphatic heterocycles. The Balaban J connectivity index is 3.06. The lowest BCUT2D eigenvalue weighted by Gasteiger charge is -2.11. The van der Waals surface area contributed by atoms with Crippen LogP contribution in [-0.4, -0.2) is 27.2 Å². The number of carbonyl (C=O) groups is 1. The molecule has 0 atom stereocenters. The van der Waals surface area contributed by atoms with E-state index in [0.717, 1.165) is 5.56 Å². The highest BCUT2D eigenvalue weighted by atomic mass is 16.5. The number of carbonyl (C=O) groups excluding carboxylic acids is 1. The summed E-state index contributed by atoms with van der Waals surface area (Å²) in [5.41, 5.74) is 7.04. The number of nitrogen functional groups attached to an aromatic ring is 1. The largest absolute Gasteiger partial charge is 0.493 e. The SMILES string of the molecule is CNC(=O)Cc1cc(OC)c(OC)cc1N. The van der Waals surface area contributed by atoms with Crippen LogP contribution in [0.2, 0.25) is 0 Å². The van der Waals surface area contributed by atoms with Gasteiger partial charge in [-0.2, -0.15) is 0 Å². The number of anilines is 1. The zero-order chi connectivity index (χ0) is 12.1. The van der Waals surface area contributed by atoms with E-state index >= 15 is 0 Å². The molecule has 0 saturated carbocycles. The second-order valence-corrected chi connectivity index (χ2v) is 3.26. The number of methoxy groups -OCH3 is 2. The second kappa shape index (κ2) is 5.25. The molecule has 5 heteroatoms. The number of nitrogens with one attached hydrogen (secondary N) is 1. The predicted molar refractivity (Wildman–Crippen MR) is 61.7 cm³/mol. The summed E-state index contributed by atoms with van der Waals surface area (Å²) in [4.78, 5) is 11.2. The van der Waals surface area contributed by atoms with Crippen molar-refractivity contribution in [2.24, 2.45) is 0 Å². The molecule has 16 heavy (non-hydrogen) atoms. The minimum Gasteiger partial charge on any atom is -0.493 e. The van der Waals surface area contributed by atoms with Gasteiger partial charge in [-0.05, 0) is 11.6 Å². The van der Waals surface area contributed by atoms with Crippen LogP contribution in [0.25, 0.3) is 0 Å². The van der Waals surface area contributed by atoms with E-state index in [-0.39, 0.29) is 12.3 Å². The minimum absolute atomic E-state index is 0.0982. The molecule has 3 N–H and O–H groups in total. The van der Waals surface area contributed by atoms with E-state index in [0.29, 0.717) is 17.2 Å². The van der Waals surface area contributed by atoms with Crippen molar-refractivity contribution in [2.75, 3.05) is 27.0 Å². The lowest BCUT2D eigenvalue weighted by atomic mass is 10.1. The van der Waals surface area contributed by atoms with Crippen LogP contribution in [0.1, 0.15) is 5.56 Å². The number of rotatable bonds is 4. The van der Waals surface area contributed by atoms with E-state index in [1.807, 2.05) is 0 Å². The molecule has 0 radical (unpaired) electrons. The first-order chi connectivity index (χ1) is 7.62. The number of hydrogen-bond acceptors (Lipinski definition) is 4. The standard InChI is InChI=1S/C11H16N2O3/c1-13-11(14)5-7-4-9(15-2)10(16-3)6-8(7)12/h4,6H,5,12H2,1-3H3,(H,13,14). The zero-order valence-electron chi connectivity index (χ0n) is 9.66. The summed E-state index contributed by atoms with van der Waals surface area (Å²) in [7, 11) is 4.66. The van der Waals surface area contributed by atoms with Crippen molar-refractivity contribution in [1.29, 1.82) is 0 Å². The third-order valence-corrected chi connectivity index (χ3v) is 2.28. The van der Waals surface area contributed by atoms with E-state index < -0.39 is 0 Å². The van der Waals surface area contributed by atoms with Gasteiger partial charge in [0.15, 0.2) is 11.5 Å². The van der Waals surface area contributed by atoms with Gasteiger partial charge in [-0.25, -0.2) is 0 Å². The van der Waals surface area contributed by atoms with Crippen LogP contribution in [0.4, 0.5) is 5.69 Å². The zero-order valence-corrected chi connectivity index (χ0v) is 9.66.